The van der Waals surface area contributed by atoms with E-state index in [4.69, 9.17) is 28.4 Å². The molecule has 0 fully saturated rings. The number of hydrogen-bond acceptors (Lipinski definition) is 9. The van der Waals surface area contributed by atoms with Crippen LogP contribution in [0.1, 0.15) is 37.9 Å². The molecular formula is C29H29ClN10O2. The van der Waals surface area contributed by atoms with E-state index in [1.807, 2.05) is 32.2 Å². The van der Waals surface area contributed by atoms with Crippen molar-refractivity contribution in [3.8, 4) is 28.6 Å². The van der Waals surface area contributed by atoms with Crippen LogP contribution in [0.15, 0.2) is 71.8 Å². The van der Waals surface area contributed by atoms with Crippen LogP contribution in [0.3, 0.4) is 0 Å². The lowest BCUT2D eigenvalue weighted by atomic mass is 9.97. The standard InChI is InChI=1S/C29H29ClN10O2/c1-17-4-3-5-26(23-10-18(8-9-34-23)28-24(37-29(17)42)14-36-38(28)2)39-16-35-22(12-27(39)41)21-11-19(30)6-7-25(21)40(33)15-20(32)13-31/h6-12,14-17,26H,3-5,32-33H2,1-2H3,(H,37,42)/b20-15-. The molecular weight excluding hydrogens is 556 g/mol. The average Bonchev–Trinajstić information content (AvgIpc) is 3.34. The molecule has 0 saturated heterocycles. The fraction of sp³-hybridized carbons (Fsp3) is 0.241. The van der Waals surface area contributed by atoms with Crippen LogP contribution in [0, 0.1) is 17.2 Å². The maximum Gasteiger partial charge on any atom is 0.254 e. The molecule has 0 aliphatic carbocycles. The number of fused-ring (bicyclic) bond motifs is 4. The zero-order valence-electron chi connectivity index (χ0n) is 23.0. The average molecular weight is 585 g/mol. The predicted octanol–water partition coefficient (Wildman–Crippen LogP) is 3.71. The number of rotatable bonds is 4. The molecule has 214 valence electrons. The topological polar surface area (TPSA) is 174 Å². The van der Waals surface area contributed by atoms with Gasteiger partial charge in [-0.3, -0.25) is 28.8 Å². The summed E-state index contributed by atoms with van der Waals surface area (Å²) in [6.07, 6.45) is 7.93. The van der Waals surface area contributed by atoms with Crippen LogP contribution in [0.2, 0.25) is 5.02 Å². The molecule has 2 unspecified atom stereocenters. The van der Waals surface area contributed by atoms with Gasteiger partial charge in [0.25, 0.3) is 5.56 Å². The Hall–Kier alpha value is -4.99. The first kappa shape index (κ1) is 28.5. The second-order valence-corrected chi connectivity index (χ2v) is 10.6. The Bertz CT molecular complexity index is 1790. The van der Waals surface area contributed by atoms with E-state index in [2.05, 4.69) is 20.4 Å². The zero-order chi connectivity index (χ0) is 30.0. The van der Waals surface area contributed by atoms with Crippen LogP contribution in [0.4, 0.5) is 11.4 Å². The van der Waals surface area contributed by atoms with Crippen LogP contribution in [0.25, 0.3) is 22.5 Å². The van der Waals surface area contributed by atoms with Crippen molar-refractivity contribution in [2.24, 2.45) is 24.5 Å². The minimum absolute atomic E-state index is 0.0866. The second kappa shape index (κ2) is 11.9. The van der Waals surface area contributed by atoms with Gasteiger partial charge >= 0.3 is 0 Å². The molecule has 12 nitrogen and oxygen atoms in total. The Morgan fingerprint density at radius 1 is 1.21 bits per heavy atom. The van der Waals surface area contributed by atoms with Gasteiger partial charge < -0.3 is 11.1 Å². The quantitative estimate of drug-likeness (QED) is 0.183. The van der Waals surface area contributed by atoms with E-state index in [1.165, 1.54) is 23.6 Å². The number of aromatic nitrogens is 5. The fourth-order valence-corrected chi connectivity index (χ4v) is 5.23. The SMILES string of the molecule is CC1CCCC(n2cnc(-c3cc(Cl)ccc3N(N)/C=C(\N)C#N)cc2=O)c2cc(ccn2)-c2c(cnn2C)NC1=O. The number of nitriles is 1. The third kappa shape index (κ3) is 5.74. The molecule has 5 N–H and O–H groups in total. The third-order valence-electron chi connectivity index (χ3n) is 7.25. The number of nitrogens with two attached hydrogens (primary N) is 2. The molecule has 3 aromatic heterocycles. The summed E-state index contributed by atoms with van der Waals surface area (Å²) in [5.41, 5.74) is 9.36. The van der Waals surface area contributed by atoms with Gasteiger partial charge in [0, 0.05) is 41.4 Å². The summed E-state index contributed by atoms with van der Waals surface area (Å²) >= 11 is 6.28. The number of pyridine rings is 1. The van der Waals surface area contributed by atoms with Gasteiger partial charge in [-0.1, -0.05) is 24.9 Å². The third-order valence-corrected chi connectivity index (χ3v) is 7.48. The van der Waals surface area contributed by atoms with Crippen LogP contribution < -0.4 is 27.5 Å². The van der Waals surface area contributed by atoms with Crippen molar-refractivity contribution in [3.63, 3.8) is 0 Å². The van der Waals surface area contributed by atoms with Crippen LogP contribution >= 0.6 is 11.6 Å². The number of nitrogens with one attached hydrogen (secondary N) is 1. The summed E-state index contributed by atoms with van der Waals surface area (Å²) in [4.78, 5) is 35.8. The number of benzene rings is 1. The molecule has 0 spiro atoms. The van der Waals surface area contributed by atoms with E-state index in [9.17, 15) is 9.59 Å². The summed E-state index contributed by atoms with van der Waals surface area (Å²) in [6, 6.07) is 11.5. The monoisotopic (exact) mass is 584 g/mol. The minimum atomic E-state index is -0.437. The van der Waals surface area contributed by atoms with Crippen molar-refractivity contribution in [2.45, 2.75) is 32.2 Å². The van der Waals surface area contributed by atoms with Gasteiger partial charge in [-0.05, 0) is 43.2 Å². The first-order chi connectivity index (χ1) is 20.2. The molecule has 42 heavy (non-hydrogen) atoms. The van der Waals surface area contributed by atoms with Gasteiger partial charge in [0.05, 0.1) is 53.2 Å². The summed E-state index contributed by atoms with van der Waals surface area (Å²) < 4.78 is 3.25. The molecule has 1 aromatic carbocycles. The minimum Gasteiger partial charge on any atom is -0.389 e. The lowest BCUT2D eigenvalue weighted by Crippen LogP contribution is -2.28. The molecule has 0 saturated carbocycles. The van der Waals surface area contributed by atoms with Gasteiger partial charge in [0.15, 0.2) is 0 Å². The molecule has 1 aliphatic rings. The number of halogens is 1. The second-order valence-electron chi connectivity index (χ2n) is 10.1. The van der Waals surface area contributed by atoms with E-state index in [0.29, 0.717) is 52.6 Å². The van der Waals surface area contributed by atoms with Crippen molar-refractivity contribution >= 4 is 28.9 Å². The molecule has 1 amide bonds. The first-order valence-corrected chi connectivity index (χ1v) is 13.6. The Labute approximate surface area is 246 Å². The highest BCUT2D eigenvalue weighted by atomic mass is 35.5. The maximum absolute atomic E-state index is 13.7. The van der Waals surface area contributed by atoms with E-state index in [1.54, 1.807) is 39.8 Å². The van der Waals surface area contributed by atoms with Gasteiger partial charge in [-0.2, -0.15) is 10.4 Å². The van der Waals surface area contributed by atoms with E-state index >= 15 is 0 Å². The molecule has 13 heteroatoms. The largest absolute Gasteiger partial charge is 0.389 e. The number of anilines is 2. The van der Waals surface area contributed by atoms with Crippen LogP contribution in [0.5, 0.6) is 0 Å². The van der Waals surface area contributed by atoms with Crippen molar-refractivity contribution in [3.05, 3.63) is 88.1 Å². The zero-order valence-corrected chi connectivity index (χ0v) is 23.8. The van der Waals surface area contributed by atoms with Gasteiger partial charge in [0.1, 0.15) is 11.8 Å². The smallest absolute Gasteiger partial charge is 0.254 e. The summed E-state index contributed by atoms with van der Waals surface area (Å²) in [6.45, 7) is 1.88. The number of carbonyl (C=O) groups excluding carboxylic acids is 1. The Morgan fingerprint density at radius 3 is 2.79 bits per heavy atom. The summed E-state index contributed by atoms with van der Waals surface area (Å²) in [5, 5.41) is 18.0. The van der Waals surface area contributed by atoms with Crippen molar-refractivity contribution in [1.29, 1.82) is 5.26 Å². The number of amides is 1. The number of nitrogens with zero attached hydrogens (tertiary/aromatic N) is 7. The Balaban J connectivity index is 1.59. The van der Waals surface area contributed by atoms with E-state index < -0.39 is 6.04 Å². The molecule has 2 atom stereocenters. The molecule has 2 bridgehead atoms. The molecule has 5 rings (SSSR count). The first-order valence-electron chi connectivity index (χ1n) is 13.2. The summed E-state index contributed by atoms with van der Waals surface area (Å²) in [5.74, 6) is 5.82. The van der Waals surface area contributed by atoms with E-state index in [0.717, 1.165) is 11.3 Å². The van der Waals surface area contributed by atoms with Crippen molar-refractivity contribution in [1.82, 2.24) is 24.3 Å². The normalized spacial score (nSPS) is 17.3. The molecule has 1 aliphatic heterocycles. The highest BCUT2D eigenvalue weighted by molar-refractivity contribution is 6.31. The lowest BCUT2D eigenvalue weighted by molar-refractivity contribution is -0.119. The van der Waals surface area contributed by atoms with Crippen LogP contribution in [-0.4, -0.2) is 30.2 Å². The van der Waals surface area contributed by atoms with Crippen molar-refractivity contribution in [2.75, 3.05) is 10.3 Å². The Kier molecular flexibility index (Phi) is 8.06. The van der Waals surface area contributed by atoms with E-state index in [-0.39, 0.29) is 23.1 Å². The number of allylic oxidation sites excluding steroid dienone is 1. The molecule has 4 aromatic rings. The van der Waals surface area contributed by atoms with Gasteiger partial charge in [-0.25, -0.2) is 10.8 Å². The fourth-order valence-electron chi connectivity index (χ4n) is 5.06. The summed E-state index contributed by atoms with van der Waals surface area (Å²) in [7, 11) is 1.81. The van der Waals surface area contributed by atoms with Crippen molar-refractivity contribution < 1.29 is 4.79 Å². The number of hydrazine groups is 1. The lowest BCUT2D eigenvalue weighted by Gasteiger charge is -2.22. The van der Waals surface area contributed by atoms with Gasteiger partial charge in [-0.15, -0.1) is 0 Å². The highest BCUT2D eigenvalue weighted by Crippen LogP contribution is 2.34. The van der Waals surface area contributed by atoms with Gasteiger partial charge in [0.2, 0.25) is 5.91 Å². The molecule has 0 radical (unpaired) electrons. The van der Waals surface area contributed by atoms with Crippen LogP contribution in [-0.2, 0) is 11.8 Å². The molecule has 4 heterocycles. The predicted molar refractivity (Wildman–Crippen MR) is 160 cm³/mol. The number of carbonyl (C=O) groups is 1. The maximum atomic E-state index is 13.7. The highest BCUT2D eigenvalue weighted by Gasteiger charge is 2.24. The number of aryl methyl sites for hydroxylation is 1. The number of hydrogen-bond donors (Lipinski definition) is 3. The Morgan fingerprint density at radius 2 is 2.02 bits per heavy atom.